The van der Waals surface area contributed by atoms with E-state index in [1.165, 1.54) is 14.0 Å². The molecule has 194 valence electrons. The number of alkyl halides is 1. The molecule has 0 aliphatic carbocycles. The number of aromatic hydroxyl groups is 1. The average Bonchev–Trinajstić information content (AvgIpc) is 3.45. The molecule has 0 amide bonds. The molecule has 2 aromatic heterocycles. The summed E-state index contributed by atoms with van der Waals surface area (Å²) in [4.78, 5) is 24.0. The molecule has 1 aliphatic heterocycles. The van der Waals surface area contributed by atoms with E-state index in [9.17, 15) is 9.36 Å². The molecular weight excluding hydrogens is 513 g/mol. The first-order valence-corrected chi connectivity index (χ1v) is 12.5. The fraction of sp³-hybridized carbons (Fsp3) is 0.429. The van der Waals surface area contributed by atoms with Crippen LogP contribution in [0.25, 0.3) is 11.2 Å². The average molecular weight is 541 g/mol. The van der Waals surface area contributed by atoms with Crippen molar-refractivity contribution in [1.29, 1.82) is 0 Å². The molecule has 1 fully saturated rings. The number of methoxy groups -OCH3 is 1. The summed E-state index contributed by atoms with van der Waals surface area (Å²) in [5, 5.41) is 13.7. The van der Waals surface area contributed by atoms with Gasteiger partial charge in [0.2, 0.25) is 5.95 Å². The second-order valence-electron chi connectivity index (χ2n) is 7.67. The molecule has 3 heterocycles. The van der Waals surface area contributed by atoms with Crippen LogP contribution in [0.3, 0.4) is 0 Å². The number of carbonyl (C=O) groups is 1. The van der Waals surface area contributed by atoms with Gasteiger partial charge in [0.15, 0.2) is 23.2 Å². The standard InChI is InChI=1S/C15H22ClN7O5P.C6H6O/c1-7(14(24)26-3)22-29(25)27-5-8-4-9(16)13(28-8)23-6-19-10-11(18-2)20-15(17)21-12(10)23;7-6-4-2-1-3-5-6/h6-9,13H,4-5H2,1-3H3,(H,22,25)(H3,17,18,20,21);1-5,7H/q+1;. The first-order chi connectivity index (χ1) is 17.2. The minimum Gasteiger partial charge on any atom is -0.508 e. The monoisotopic (exact) mass is 540 g/mol. The quantitative estimate of drug-likeness (QED) is 0.187. The first kappa shape index (κ1) is 27.5. The number of fused-ring (bicyclic) bond motifs is 1. The lowest BCUT2D eigenvalue weighted by Crippen LogP contribution is -2.30. The Bertz CT molecular complexity index is 1180. The lowest BCUT2D eigenvalue weighted by Gasteiger charge is -2.16. The lowest BCUT2D eigenvalue weighted by molar-refractivity contribution is -0.142. The Balaban J connectivity index is 0.000000444. The molecule has 5 N–H and O–H groups in total. The number of rotatable bonds is 8. The van der Waals surface area contributed by atoms with Crippen LogP contribution in [0.15, 0.2) is 36.7 Å². The lowest BCUT2D eigenvalue weighted by atomic mass is 10.2. The number of esters is 1. The number of hydrogen-bond donors (Lipinski definition) is 4. The summed E-state index contributed by atoms with van der Waals surface area (Å²) in [5.74, 6) is 0.375. The van der Waals surface area contributed by atoms with Gasteiger partial charge in [0.25, 0.3) is 0 Å². The molecular formula is C21H28ClN7O6P+. The van der Waals surface area contributed by atoms with Gasteiger partial charge in [-0.25, -0.2) is 4.98 Å². The predicted molar refractivity (Wildman–Crippen MR) is 134 cm³/mol. The van der Waals surface area contributed by atoms with Crippen molar-refractivity contribution in [1.82, 2.24) is 24.6 Å². The Morgan fingerprint density at radius 1 is 1.39 bits per heavy atom. The van der Waals surface area contributed by atoms with Gasteiger partial charge in [-0.3, -0.25) is 9.36 Å². The van der Waals surface area contributed by atoms with Gasteiger partial charge in [0.05, 0.1) is 24.9 Å². The molecule has 0 bridgehead atoms. The van der Waals surface area contributed by atoms with Crippen molar-refractivity contribution in [2.45, 2.75) is 37.1 Å². The maximum atomic E-state index is 12.0. The van der Waals surface area contributed by atoms with Gasteiger partial charge in [-0.1, -0.05) is 23.3 Å². The van der Waals surface area contributed by atoms with Gasteiger partial charge in [-0.05, 0) is 30.0 Å². The van der Waals surface area contributed by atoms with Crippen LogP contribution >= 0.6 is 19.8 Å². The van der Waals surface area contributed by atoms with Crippen LogP contribution in [-0.4, -0.2) is 68.9 Å². The third-order valence-corrected chi connectivity index (χ3v) is 6.44. The van der Waals surface area contributed by atoms with Crippen LogP contribution in [0.2, 0.25) is 0 Å². The van der Waals surface area contributed by atoms with Crippen molar-refractivity contribution in [3.05, 3.63) is 36.7 Å². The minimum absolute atomic E-state index is 0.0291. The van der Waals surface area contributed by atoms with Crippen LogP contribution in [0, 0.1) is 0 Å². The summed E-state index contributed by atoms with van der Waals surface area (Å²) >= 11 is 6.47. The zero-order valence-electron chi connectivity index (χ0n) is 19.9. The number of carbonyl (C=O) groups excluding carboxylic acids is 1. The van der Waals surface area contributed by atoms with E-state index in [-0.39, 0.29) is 12.6 Å². The molecule has 13 nitrogen and oxygen atoms in total. The summed E-state index contributed by atoms with van der Waals surface area (Å²) in [5.41, 5.74) is 6.80. The Kier molecular flexibility index (Phi) is 9.73. The SMILES string of the molecule is CNc1nc(N)nc2c1ncn2C1OC(CO[P+](=O)NC(C)C(=O)OC)CC1Cl.Oc1ccccc1. The molecule has 15 heteroatoms. The van der Waals surface area contributed by atoms with Crippen molar-refractivity contribution in [3.8, 4) is 5.75 Å². The second-order valence-corrected chi connectivity index (χ2v) is 9.26. The van der Waals surface area contributed by atoms with Crippen LogP contribution in [-0.2, 0) is 23.4 Å². The maximum absolute atomic E-state index is 12.0. The van der Waals surface area contributed by atoms with Crippen LogP contribution in [0.5, 0.6) is 5.75 Å². The number of para-hydroxylation sites is 1. The largest absolute Gasteiger partial charge is 0.613 e. The highest BCUT2D eigenvalue weighted by atomic mass is 35.5. The highest BCUT2D eigenvalue weighted by Gasteiger charge is 2.38. The van der Waals surface area contributed by atoms with Gasteiger partial charge in [0, 0.05) is 7.05 Å². The summed E-state index contributed by atoms with van der Waals surface area (Å²) in [6.07, 6.45) is 1.05. The molecule has 3 aromatic rings. The minimum atomic E-state index is -2.28. The Hall–Kier alpha value is -3.09. The number of nitrogens with two attached hydrogens (primary N) is 1. The smallest absolute Gasteiger partial charge is 0.508 e. The second kappa shape index (κ2) is 12.7. The Labute approximate surface area is 213 Å². The van der Waals surface area contributed by atoms with Crippen molar-refractivity contribution in [3.63, 3.8) is 0 Å². The summed E-state index contributed by atoms with van der Waals surface area (Å²) < 4.78 is 29.4. The van der Waals surface area contributed by atoms with E-state index in [0.717, 1.165) is 0 Å². The van der Waals surface area contributed by atoms with Crippen LogP contribution < -0.4 is 16.1 Å². The van der Waals surface area contributed by atoms with E-state index in [2.05, 4.69) is 30.1 Å². The molecule has 0 saturated carbocycles. The number of anilines is 2. The molecule has 0 spiro atoms. The van der Waals surface area contributed by atoms with E-state index in [1.807, 2.05) is 6.07 Å². The van der Waals surface area contributed by atoms with Crippen molar-refractivity contribution >= 4 is 48.7 Å². The Morgan fingerprint density at radius 3 is 2.72 bits per heavy atom. The normalized spacial score (nSPS) is 20.3. The zero-order chi connectivity index (χ0) is 26.2. The third-order valence-electron chi connectivity index (χ3n) is 5.07. The maximum Gasteiger partial charge on any atom is 0.613 e. The fourth-order valence-corrected chi connectivity index (χ4v) is 4.53. The molecule has 4 rings (SSSR count). The van der Waals surface area contributed by atoms with Gasteiger partial charge >= 0.3 is 14.1 Å². The highest BCUT2D eigenvalue weighted by molar-refractivity contribution is 7.36. The summed E-state index contributed by atoms with van der Waals surface area (Å²) in [7, 11) is 0.683. The third kappa shape index (κ3) is 6.99. The number of nitrogen functional groups attached to an aromatic ring is 1. The number of phenolic OH excluding ortho intramolecular Hbond substituents is 1. The number of nitrogens with zero attached hydrogens (tertiary/aromatic N) is 4. The topological polar surface area (TPSA) is 176 Å². The first-order valence-electron chi connectivity index (χ1n) is 10.9. The number of halogens is 1. The number of phenols is 1. The van der Waals surface area contributed by atoms with Gasteiger partial charge < -0.3 is 25.6 Å². The fourth-order valence-electron chi connectivity index (χ4n) is 3.35. The number of nitrogens with one attached hydrogen (secondary N) is 2. The van der Waals surface area contributed by atoms with Crippen LogP contribution in [0.4, 0.5) is 11.8 Å². The molecule has 5 unspecified atom stereocenters. The van der Waals surface area contributed by atoms with Crippen LogP contribution in [0.1, 0.15) is 19.6 Å². The number of ether oxygens (including phenoxy) is 2. The van der Waals surface area contributed by atoms with Gasteiger partial charge in [-0.15, -0.1) is 16.1 Å². The van der Waals surface area contributed by atoms with E-state index in [0.29, 0.717) is 29.2 Å². The van der Waals surface area contributed by atoms with E-state index >= 15 is 0 Å². The molecule has 1 aromatic carbocycles. The molecule has 0 radical (unpaired) electrons. The number of imidazole rings is 1. The number of aromatic nitrogens is 4. The number of hydrogen-bond acceptors (Lipinski definition) is 11. The van der Waals surface area contributed by atoms with Gasteiger partial charge in [0.1, 0.15) is 18.4 Å². The van der Waals surface area contributed by atoms with Gasteiger partial charge in [-0.2, -0.15) is 9.97 Å². The molecule has 1 aliphatic rings. The summed E-state index contributed by atoms with van der Waals surface area (Å²) in [6, 6.07) is 7.95. The van der Waals surface area contributed by atoms with E-state index < -0.39 is 37.9 Å². The van der Waals surface area contributed by atoms with E-state index in [1.54, 1.807) is 42.2 Å². The summed E-state index contributed by atoms with van der Waals surface area (Å²) in [6.45, 7) is 1.55. The highest BCUT2D eigenvalue weighted by Crippen LogP contribution is 2.36. The van der Waals surface area contributed by atoms with Crippen molar-refractivity contribution in [2.24, 2.45) is 0 Å². The molecule has 1 saturated heterocycles. The predicted octanol–water partition coefficient (Wildman–Crippen LogP) is 2.56. The molecule has 36 heavy (non-hydrogen) atoms. The molecule has 5 atom stereocenters. The Morgan fingerprint density at radius 2 is 2.11 bits per heavy atom. The van der Waals surface area contributed by atoms with E-state index in [4.69, 9.17) is 31.7 Å². The van der Waals surface area contributed by atoms with Crippen molar-refractivity contribution < 1.29 is 28.5 Å². The number of benzene rings is 1. The van der Waals surface area contributed by atoms with Crippen molar-refractivity contribution in [2.75, 3.05) is 31.8 Å². The zero-order valence-corrected chi connectivity index (χ0v) is 21.5.